The molecule has 1 atom stereocenters. The lowest BCUT2D eigenvalue weighted by Crippen LogP contribution is -2.46. The maximum absolute atomic E-state index is 13.1. The second kappa shape index (κ2) is 7.59. The van der Waals surface area contributed by atoms with Crippen LogP contribution >= 0.6 is 0 Å². The third-order valence-corrected chi connectivity index (χ3v) is 4.59. The van der Waals surface area contributed by atoms with Crippen molar-refractivity contribution in [1.29, 1.82) is 0 Å². The van der Waals surface area contributed by atoms with Crippen LogP contribution in [-0.2, 0) is 11.3 Å². The molecule has 1 aliphatic heterocycles. The molecule has 0 radical (unpaired) electrons. The minimum atomic E-state index is -0.265. The summed E-state index contributed by atoms with van der Waals surface area (Å²) >= 11 is 0. The molecule has 3 rings (SSSR count). The van der Waals surface area contributed by atoms with E-state index in [4.69, 9.17) is 0 Å². The average Bonchev–Trinajstić information content (AvgIpc) is 2.78. The van der Waals surface area contributed by atoms with E-state index >= 15 is 0 Å². The van der Waals surface area contributed by atoms with Gasteiger partial charge in [0.2, 0.25) is 11.9 Å². The summed E-state index contributed by atoms with van der Waals surface area (Å²) in [4.78, 5) is 25.4. The first kappa shape index (κ1) is 17.3. The predicted octanol–water partition coefficient (Wildman–Crippen LogP) is 2.88. The van der Waals surface area contributed by atoms with Crippen molar-refractivity contribution in [2.45, 2.75) is 32.9 Å². The Balaban J connectivity index is 1.83. The fourth-order valence-corrected chi connectivity index (χ4v) is 3.17. The van der Waals surface area contributed by atoms with Gasteiger partial charge in [0.25, 0.3) is 0 Å². The number of carbonyl (C=O) groups is 1. The fourth-order valence-electron chi connectivity index (χ4n) is 3.17. The molecule has 0 saturated carbocycles. The van der Waals surface area contributed by atoms with E-state index in [1.807, 2.05) is 4.90 Å². The topological polar surface area (TPSA) is 49.3 Å². The normalized spacial score (nSPS) is 18.6. The molecule has 1 aromatic heterocycles. The quantitative estimate of drug-likeness (QED) is 0.857. The van der Waals surface area contributed by atoms with Crippen molar-refractivity contribution in [3.8, 4) is 0 Å². The van der Waals surface area contributed by atoms with Crippen molar-refractivity contribution in [3.05, 3.63) is 54.1 Å². The van der Waals surface area contributed by atoms with Gasteiger partial charge >= 0.3 is 0 Å². The number of halogens is 1. The molecule has 2 heterocycles. The van der Waals surface area contributed by atoms with Crippen molar-refractivity contribution >= 4 is 11.9 Å². The largest absolute Gasteiger partial charge is 0.338 e. The monoisotopic (exact) mass is 342 g/mol. The number of nitrogens with zero attached hydrogens (tertiary/aromatic N) is 4. The molecular weight excluding hydrogens is 319 g/mol. The maximum Gasteiger partial charge on any atom is 0.225 e. The number of carbonyl (C=O) groups excluding carboxylic acids is 1. The third kappa shape index (κ3) is 4.13. The zero-order valence-corrected chi connectivity index (χ0v) is 14.6. The first-order valence-electron chi connectivity index (χ1n) is 8.60. The van der Waals surface area contributed by atoms with Crippen LogP contribution in [0.3, 0.4) is 0 Å². The number of hydrogen-bond donors (Lipinski definition) is 0. The van der Waals surface area contributed by atoms with E-state index in [0.29, 0.717) is 32.0 Å². The van der Waals surface area contributed by atoms with Gasteiger partial charge in [0.05, 0.1) is 6.04 Å². The van der Waals surface area contributed by atoms with E-state index in [0.717, 1.165) is 5.56 Å². The van der Waals surface area contributed by atoms with E-state index in [1.165, 1.54) is 12.1 Å². The number of amides is 1. The fraction of sp³-hybridized carbons (Fsp3) is 0.421. The van der Waals surface area contributed by atoms with Crippen molar-refractivity contribution in [2.24, 2.45) is 5.92 Å². The molecule has 0 bridgehead atoms. The summed E-state index contributed by atoms with van der Waals surface area (Å²) in [6.45, 7) is 6.02. The number of benzene rings is 1. The lowest BCUT2D eigenvalue weighted by atomic mass is 10.0. The SMILES string of the molecule is CC(C)[C@H]1CN(c2ncccn2)CCC(=O)N1Cc1ccc(F)cc1. The first-order chi connectivity index (χ1) is 12.0. The lowest BCUT2D eigenvalue weighted by molar-refractivity contribution is -0.134. The zero-order chi connectivity index (χ0) is 17.8. The van der Waals surface area contributed by atoms with Gasteiger partial charge in [-0.3, -0.25) is 4.79 Å². The molecule has 6 heteroatoms. The highest BCUT2D eigenvalue weighted by Crippen LogP contribution is 2.22. The van der Waals surface area contributed by atoms with Crippen LogP contribution in [-0.4, -0.2) is 39.9 Å². The minimum Gasteiger partial charge on any atom is -0.338 e. The van der Waals surface area contributed by atoms with Crippen LogP contribution in [0.15, 0.2) is 42.7 Å². The van der Waals surface area contributed by atoms with Crippen LogP contribution in [0.5, 0.6) is 0 Å². The molecule has 5 nitrogen and oxygen atoms in total. The van der Waals surface area contributed by atoms with Crippen LogP contribution in [0.4, 0.5) is 10.3 Å². The van der Waals surface area contributed by atoms with Crippen LogP contribution in [0.25, 0.3) is 0 Å². The van der Waals surface area contributed by atoms with Crippen molar-refractivity contribution < 1.29 is 9.18 Å². The summed E-state index contributed by atoms with van der Waals surface area (Å²) in [5, 5.41) is 0. The highest BCUT2D eigenvalue weighted by atomic mass is 19.1. The van der Waals surface area contributed by atoms with E-state index in [-0.39, 0.29) is 23.7 Å². The standard InChI is InChI=1S/C19H23FN4O/c1-14(2)17-13-23(19-21-9-3-10-22-19)11-8-18(25)24(17)12-15-4-6-16(20)7-5-15/h3-7,9-10,14,17H,8,11-13H2,1-2H3/t17-/m1/s1. The van der Waals surface area contributed by atoms with Crippen LogP contribution in [0.1, 0.15) is 25.8 Å². The maximum atomic E-state index is 13.1. The van der Waals surface area contributed by atoms with Gasteiger partial charge in [-0.2, -0.15) is 0 Å². The number of rotatable bonds is 4. The van der Waals surface area contributed by atoms with E-state index < -0.39 is 0 Å². The van der Waals surface area contributed by atoms with Crippen molar-refractivity contribution in [1.82, 2.24) is 14.9 Å². The Hall–Kier alpha value is -2.50. The van der Waals surface area contributed by atoms with Gasteiger partial charge in [-0.1, -0.05) is 26.0 Å². The molecule has 132 valence electrons. The molecular formula is C19H23FN4O. The van der Waals surface area contributed by atoms with Gasteiger partial charge in [-0.05, 0) is 29.7 Å². The Morgan fingerprint density at radius 3 is 2.52 bits per heavy atom. The molecule has 1 amide bonds. The molecule has 0 aliphatic carbocycles. The Morgan fingerprint density at radius 2 is 1.88 bits per heavy atom. The van der Waals surface area contributed by atoms with E-state index in [1.54, 1.807) is 30.6 Å². The van der Waals surface area contributed by atoms with E-state index in [2.05, 4.69) is 28.7 Å². The molecule has 2 aromatic rings. The van der Waals surface area contributed by atoms with Crippen molar-refractivity contribution in [2.75, 3.05) is 18.0 Å². The highest BCUT2D eigenvalue weighted by Gasteiger charge is 2.32. The third-order valence-electron chi connectivity index (χ3n) is 4.59. The summed E-state index contributed by atoms with van der Waals surface area (Å²) in [6, 6.07) is 8.18. The number of anilines is 1. The summed E-state index contributed by atoms with van der Waals surface area (Å²) in [5.74, 6) is 0.790. The highest BCUT2D eigenvalue weighted by molar-refractivity contribution is 5.77. The molecule has 1 saturated heterocycles. The van der Waals surface area contributed by atoms with Crippen molar-refractivity contribution in [3.63, 3.8) is 0 Å². The Bertz CT molecular complexity index is 705. The van der Waals surface area contributed by atoms with Gasteiger partial charge in [0, 0.05) is 38.4 Å². The molecule has 0 unspecified atom stereocenters. The molecule has 0 N–H and O–H groups in total. The zero-order valence-electron chi connectivity index (χ0n) is 14.6. The average molecular weight is 342 g/mol. The second-order valence-corrected chi connectivity index (χ2v) is 6.70. The first-order valence-corrected chi connectivity index (χ1v) is 8.60. The second-order valence-electron chi connectivity index (χ2n) is 6.70. The van der Waals surface area contributed by atoms with Gasteiger partial charge in [0.1, 0.15) is 5.82 Å². The lowest BCUT2D eigenvalue weighted by Gasteiger charge is -2.34. The smallest absolute Gasteiger partial charge is 0.225 e. The minimum absolute atomic E-state index is 0.0452. The molecule has 1 aliphatic rings. The van der Waals surface area contributed by atoms with E-state index in [9.17, 15) is 9.18 Å². The summed E-state index contributed by atoms with van der Waals surface area (Å²) < 4.78 is 13.1. The predicted molar refractivity (Wildman–Crippen MR) is 94.4 cm³/mol. The van der Waals surface area contributed by atoms with Gasteiger partial charge in [0.15, 0.2) is 0 Å². The molecule has 1 aromatic carbocycles. The summed E-state index contributed by atoms with van der Waals surface area (Å²) in [5.41, 5.74) is 0.935. The van der Waals surface area contributed by atoms with Crippen LogP contribution in [0, 0.1) is 11.7 Å². The molecule has 0 spiro atoms. The van der Waals surface area contributed by atoms with Crippen LogP contribution in [0.2, 0.25) is 0 Å². The Morgan fingerprint density at radius 1 is 1.20 bits per heavy atom. The molecule has 25 heavy (non-hydrogen) atoms. The molecule has 1 fully saturated rings. The van der Waals surface area contributed by atoms with Crippen LogP contribution < -0.4 is 4.90 Å². The van der Waals surface area contributed by atoms with Gasteiger partial charge in [-0.15, -0.1) is 0 Å². The number of aromatic nitrogens is 2. The summed E-state index contributed by atoms with van der Waals surface area (Å²) in [6.07, 6.45) is 3.86. The summed E-state index contributed by atoms with van der Waals surface area (Å²) in [7, 11) is 0. The Labute approximate surface area is 147 Å². The van der Waals surface area contributed by atoms with Gasteiger partial charge in [-0.25, -0.2) is 14.4 Å². The number of hydrogen-bond acceptors (Lipinski definition) is 4. The van der Waals surface area contributed by atoms with Gasteiger partial charge < -0.3 is 9.80 Å². The Kier molecular flexibility index (Phi) is 5.26.